The van der Waals surface area contributed by atoms with Crippen LogP contribution < -0.4 is 10.1 Å². The second-order valence-electron chi connectivity index (χ2n) is 3.36. The lowest BCUT2D eigenvalue weighted by Gasteiger charge is -2.13. The van der Waals surface area contributed by atoms with Gasteiger partial charge in [0.2, 0.25) is 0 Å². The molecule has 1 amide bonds. The van der Waals surface area contributed by atoms with Gasteiger partial charge in [-0.15, -0.1) is 0 Å². The molecular weight excluding hydrogens is 375 g/mol. The molecule has 0 heterocycles. The van der Waals surface area contributed by atoms with Crippen LogP contribution in [-0.4, -0.2) is 30.1 Å². The maximum atomic E-state index is 11.3. The summed E-state index contributed by atoms with van der Waals surface area (Å²) in [5, 5.41) is 10.1. The van der Waals surface area contributed by atoms with Crippen LogP contribution in [-0.2, 0) is 9.59 Å². The van der Waals surface area contributed by atoms with E-state index in [-0.39, 0.29) is 30.9 Å². The zero-order chi connectivity index (χ0) is 15.4. The number of rotatable bonds is 5. The van der Waals surface area contributed by atoms with Gasteiger partial charge in [0.05, 0.1) is 15.1 Å². The maximum Gasteiger partial charge on any atom is 0.322 e. The summed E-state index contributed by atoms with van der Waals surface area (Å²) in [5.41, 5.74) is 0. The Morgan fingerprint density at radius 2 is 1.40 bits per heavy atom. The highest BCUT2D eigenvalue weighted by Crippen LogP contribution is 2.48. The average Bonchev–Trinajstić information content (AvgIpc) is 2.40. The molecule has 110 valence electrons. The molecule has 0 atom stereocenters. The summed E-state index contributed by atoms with van der Waals surface area (Å²) in [5.74, 6) is -1.98. The first-order chi connectivity index (χ1) is 9.25. The summed E-state index contributed by atoms with van der Waals surface area (Å²) in [6.45, 7) is -1.05. The minimum Gasteiger partial charge on any atom is -0.481 e. The highest BCUT2D eigenvalue weighted by atomic mass is 35.5. The zero-order valence-electron chi connectivity index (χ0n) is 9.48. The molecule has 0 saturated heterocycles. The first-order valence-corrected chi connectivity index (χ1v) is 6.77. The molecule has 0 fully saturated rings. The van der Waals surface area contributed by atoms with E-state index in [4.69, 9.17) is 67.8 Å². The van der Waals surface area contributed by atoms with Gasteiger partial charge in [-0.05, 0) is 0 Å². The number of carbonyl (C=O) groups excluding carboxylic acids is 1. The number of carboxylic acids is 1. The Bertz CT molecular complexity index is 534. The van der Waals surface area contributed by atoms with Crippen molar-refractivity contribution in [2.75, 3.05) is 13.2 Å². The van der Waals surface area contributed by atoms with Crippen molar-refractivity contribution in [3.05, 3.63) is 25.1 Å². The van der Waals surface area contributed by atoms with E-state index in [0.29, 0.717) is 0 Å². The van der Waals surface area contributed by atoms with Crippen LogP contribution in [0.2, 0.25) is 25.1 Å². The third-order valence-electron chi connectivity index (χ3n) is 1.95. The monoisotopic (exact) mass is 379 g/mol. The molecule has 0 aliphatic carbocycles. The normalized spacial score (nSPS) is 10.2. The Morgan fingerprint density at radius 1 is 0.950 bits per heavy atom. The summed E-state index contributed by atoms with van der Waals surface area (Å²) < 4.78 is 5.08. The smallest absolute Gasteiger partial charge is 0.322 e. The average molecular weight is 381 g/mol. The molecule has 5 nitrogen and oxygen atoms in total. The summed E-state index contributed by atoms with van der Waals surface area (Å²) in [6.07, 6.45) is 0. The number of halogens is 5. The van der Waals surface area contributed by atoms with Gasteiger partial charge < -0.3 is 15.2 Å². The number of hydrogen-bond donors (Lipinski definition) is 2. The van der Waals surface area contributed by atoms with Crippen LogP contribution in [0.15, 0.2) is 0 Å². The molecule has 2 N–H and O–H groups in total. The zero-order valence-corrected chi connectivity index (χ0v) is 13.3. The molecule has 0 radical (unpaired) electrons. The van der Waals surface area contributed by atoms with Crippen molar-refractivity contribution in [1.29, 1.82) is 0 Å². The lowest BCUT2D eigenvalue weighted by atomic mass is 10.3. The van der Waals surface area contributed by atoms with Crippen LogP contribution >= 0.6 is 58.0 Å². The molecule has 1 rings (SSSR count). The second-order valence-corrected chi connectivity index (χ2v) is 5.25. The van der Waals surface area contributed by atoms with Gasteiger partial charge in [0.1, 0.15) is 16.6 Å². The number of nitrogens with one attached hydrogen (secondary N) is 1. The number of ether oxygens (including phenoxy) is 1. The molecule has 1 aromatic rings. The fourth-order valence-electron chi connectivity index (χ4n) is 1.07. The maximum absolute atomic E-state index is 11.3. The van der Waals surface area contributed by atoms with E-state index in [0.717, 1.165) is 0 Å². The fraction of sp³-hybridized carbons (Fsp3) is 0.200. The van der Waals surface area contributed by atoms with E-state index in [1.807, 2.05) is 0 Å². The molecule has 1 aromatic carbocycles. The van der Waals surface area contributed by atoms with Crippen molar-refractivity contribution >= 4 is 69.9 Å². The summed E-state index contributed by atoms with van der Waals surface area (Å²) in [6, 6.07) is 0. The molecule has 10 heteroatoms. The highest BCUT2D eigenvalue weighted by Gasteiger charge is 2.21. The lowest BCUT2D eigenvalue weighted by molar-refractivity contribution is -0.138. The van der Waals surface area contributed by atoms with Crippen molar-refractivity contribution < 1.29 is 19.4 Å². The van der Waals surface area contributed by atoms with E-state index >= 15 is 0 Å². The van der Waals surface area contributed by atoms with Crippen LogP contribution in [0.3, 0.4) is 0 Å². The SMILES string of the molecule is O=C(O)CNC(=O)COc1c(Cl)c(Cl)c(Cl)c(Cl)c1Cl. The van der Waals surface area contributed by atoms with Gasteiger partial charge in [-0.3, -0.25) is 9.59 Å². The summed E-state index contributed by atoms with van der Waals surface area (Å²) in [7, 11) is 0. The lowest BCUT2D eigenvalue weighted by Crippen LogP contribution is -2.33. The molecule has 0 unspecified atom stereocenters. The van der Waals surface area contributed by atoms with Crippen LogP contribution in [0.1, 0.15) is 0 Å². The molecule has 0 bridgehead atoms. The van der Waals surface area contributed by atoms with Crippen LogP contribution in [0.25, 0.3) is 0 Å². The molecular formula is C10H6Cl5NO4. The van der Waals surface area contributed by atoms with E-state index in [1.54, 1.807) is 0 Å². The van der Waals surface area contributed by atoms with Crippen LogP contribution in [0.4, 0.5) is 0 Å². The highest BCUT2D eigenvalue weighted by molar-refractivity contribution is 6.55. The van der Waals surface area contributed by atoms with Gasteiger partial charge in [0.25, 0.3) is 5.91 Å². The quantitative estimate of drug-likeness (QED) is 0.604. The number of hydrogen-bond acceptors (Lipinski definition) is 3. The topological polar surface area (TPSA) is 75.6 Å². The van der Waals surface area contributed by atoms with Gasteiger partial charge in [0.15, 0.2) is 12.4 Å². The van der Waals surface area contributed by atoms with Gasteiger partial charge >= 0.3 is 5.97 Å². The van der Waals surface area contributed by atoms with E-state index in [9.17, 15) is 9.59 Å². The van der Waals surface area contributed by atoms with Crippen molar-refractivity contribution in [2.45, 2.75) is 0 Å². The van der Waals surface area contributed by atoms with Crippen LogP contribution in [0.5, 0.6) is 5.75 Å². The molecule has 0 aromatic heterocycles. The van der Waals surface area contributed by atoms with E-state index in [1.165, 1.54) is 0 Å². The standard InChI is InChI=1S/C10H6Cl5NO4/c11-5-6(12)8(14)10(9(15)7(5)13)20-2-3(17)16-1-4(18)19/h1-2H2,(H,16,17)(H,18,19). The first-order valence-electron chi connectivity index (χ1n) is 4.88. The van der Waals surface area contributed by atoms with Gasteiger partial charge in [-0.25, -0.2) is 0 Å². The third-order valence-corrected chi connectivity index (χ3v) is 4.20. The summed E-state index contributed by atoms with van der Waals surface area (Å²) >= 11 is 29.2. The minimum absolute atomic E-state index is 0.0361. The predicted molar refractivity (Wildman–Crippen MR) is 77.6 cm³/mol. The molecule has 0 aliphatic heterocycles. The second kappa shape index (κ2) is 7.43. The Morgan fingerprint density at radius 3 is 1.85 bits per heavy atom. The van der Waals surface area contributed by atoms with Crippen molar-refractivity contribution in [1.82, 2.24) is 5.32 Å². The predicted octanol–water partition coefficient (Wildman–Crippen LogP) is 3.53. The van der Waals surface area contributed by atoms with E-state index < -0.39 is 25.0 Å². The van der Waals surface area contributed by atoms with Crippen LogP contribution in [0, 0.1) is 0 Å². The fourth-order valence-corrected chi connectivity index (χ4v) is 2.30. The number of benzene rings is 1. The number of amides is 1. The van der Waals surface area contributed by atoms with Crippen molar-refractivity contribution in [3.63, 3.8) is 0 Å². The first kappa shape index (κ1) is 17.5. The van der Waals surface area contributed by atoms with Crippen molar-refractivity contribution in [3.8, 4) is 5.75 Å². The molecule has 0 spiro atoms. The van der Waals surface area contributed by atoms with Gasteiger partial charge in [-0.1, -0.05) is 58.0 Å². The Hall–Kier alpha value is -0.590. The minimum atomic E-state index is -1.19. The Kier molecular flexibility index (Phi) is 6.48. The number of carboxylic acid groups (broad SMARTS) is 1. The molecule has 0 saturated carbocycles. The third kappa shape index (κ3) is 4.20. The Balaban J connectivity index is 2.84. The summed E-state index contributed by atoms with van der Waals surface area (Å²) in [4.78, 5) is 21.6. The Labute approximate surface area is 138 Å². The largest absolute Gasteiger partial charge is 0.481 e. The van der Waals surface area contributed by atoms with E-state index in [2.05, 4.69) is 5.32 Å². The number of carbonyl (C=O) groups is 2. The number of aliphatic carboxylic acids is 1. The van der Waals surface area contributed by atoms with Crippen molar-refractivity contribution in [2.24, 2.45) is 0 Å². The van der Waals surface area contributed by atoms with Gasteiger partial charge in [-0.2, -0.15) is 0 Å². The molecule has 20 heavy (non-hydrogen) atoms. The molecule has 0 aliphatic rings. The van der Waals surface area contributed by atoms with Gasteiger partial charge in [0, 0.05) is 0 Å².